The van der Waals surface area contributed by atoms with Crippen molar-refractivity contribution in [2.24, 2.45) is 0 Å². The second kappa shape index (κ2) is 6.29. The summed E-state index contributed by atoms with van der Waals surface area (Å²) in [6.45, 7) is 5.98. The van der Waals surface area contributed by atoms with E-state index in [2.05, 4.69) is 4.90 Å². The summed E-state index contributed by atoms with van der Waals surface area (Å²) in [5.41, 5.74) is 0.794. The van der Waals surface area contributed by atoms with Gasteiger partial charge in [0.15, 0.2) is 0 Å². The minimum Gasteiger partial charge on any atom is -0.395 e. The zero-order valence-electron chi connectivity index (χ0n) is 11.5. The molecular weight excluding hydrogens is 320 g/mol. The molecule has 20 heavy (non-hydrogen) atoms. The van der Waals surface area contributed by atoms with E-state index in [1.165, 1.54) is 4.31 Å². The van der Waals surface area contributed by atoms with Gasteiger partial charge in [-0.25, -0.2) is 8.42 Å². The van der Waals surface area contributed by atoms with Gasteiger partial charge in [-0.3, -0.25) is 4.90 Å². The lowest BCUT2D eigenvalue weighted by Crippen LogP contribution is -2.53. The third kappa shape index (κ3) is 3.18. The summed E-state index contributed by atoms with van der Waals surface area (Å²) in [5.74, 6) is 0. The Bertz CT molecular complexity index is 554. The first-order valence-corrected chi connectivity index (χ1v) is 9.10. The summed E-state index contributed by atoms with van der Waals surface area (Å²) < 4.78 is 27.5. The Hall–Kier alpha value is -0.180. The van der Waals surface area contributed by atoms with Crippen molar-refractivity contribution in [1.82, 2.24) is 9.21 Å². The van der Waals surface area contributed by atoms with Crippen LogP contribution in [0.15, 0.2) is 10.3 Å². The van der Waals surface area contributed by atoms with Crippen molar-refractivity contribution in [3.8, 4) is 0 Å². The quantitative estimate of drug-likeness (QED) is 0.901. The lowest BCUT2D eigenvalue weighted by atomic mass is 10.2. The highest BCUT2D eigenvalue weighted by molar-refractivity contribution is 7.91. The molecule has 8 heteroatoms. The topological polar surface area (TPSA) is 60.9 Å². The number of nitrogens with zero attached hydrogens (tertiary/aromatic N) is 2. The molecule has 1 fully saturated rings. The maximum absolute atomic E-state index is 12.6. The van der Waals surface area contributed by atoms with Crippen LogP contribution in [0.1, 0.15) is 12.5 Å². The number of piperazine rings is 1. The van der Waals surface area contributed by atoms with Crippen molar-refractivity contribution in [3.63, 3.8) is 0 Å². The first kappa shape index (κ1) is 16.2. The fourth-order valence-corrected chi connectivity index (χ4v) is 5.70. The number of sulfonamides is 1. The fraction of sp³-hybridized carbons (Fsp3) is 0.667. The smallest absolute Gasteiger partial charge is 0.252 e. The largest absolute Gasteiger partial charge is 0.395 e. The van der Waals surface area contributed by atoms with E-state index in [-0.39, 0.29) is 12.6 Å². The van der Waals surface area contributed by atoms with Gasteiger partial charge in [0, 0.05) is 32.2 Å². The summed E-state index contributed by atoms with van der Waals surface area (Å²) in [6.07, 6.45) is 0. The Morgan fingerprint density at radius 1 is 1.50 bits per heavy atom. The van der Waals surface area contributed by atoms with Gasteiger partial charge < -0.3 is 5.11 Å². The molecule has 1 N–H and O–H groups in total. The number of rotatable bonds is 4. The standard InChI is InChI=1S/C12H19ClN2O3S2/c1-9-7-11(19-12(9)13)20(17,18)15-4-3-14(5-6-16)10(2)8-15/h7,10,16H,3-6,8H2,1-2H3/t10-/m0/s1. The monoisotopic (exact) mass is 338 g/mol. The molecule has 1 saturated heterocycles. The molecule has 0 amide bonds. The third-order valence-corrected chi connectivity index (χ3v) is 7.41. The molecule has 0 aliphatic carbocycles. The summed E-state index contributed by atoms with van der Waals surface area (Å²) in [7, 11) is -3.46. The molecule has 0 aromatic carbocycles. The first-order chi connectivity index (χ1) is 9.36. The van der Waals surface area contributed by atoms with Crippen molar-refractivity contribution >= 4 is 33.0 Å². The molecule has 1 aliphatic rings. The fourth-order valence-electron chi connectivity index (χ4n) is 2.33. The first-order valence-electron chi connectivity index (χ1n) is 6.47. The lowest BCUT2D eigenvalue weighted by molar-refractivity contribution is 0.104. The van der Waals surface area contributed by atoms with Crippen molar-refractivity contribution in [1.29, 1.82) is 0 Å². The predicted octanol–water partition coefficient (Wildman–Crippen LogP) is 1.40. The second-order valence-corrected chi connectivity index (χ2v) is 8.81. The van der Waals surface area contributed by atoms with Crippen molar-refractivity contribution in [3.05, 3.63) is 16.0 Å². The summed E-state index contributed by atoms with van der Waals surface area (Å²) >= 11 is 7.08. The van der Waals surface area contributed by atoms with Crippen LogP contribution in [0.5, 0.6) is 0 Å². The van der Waals surface area contributed by atoms with E-state index in [0.29, 0.717) is 34.7 Å². The zero-order chi connectivity index (χ0) is 14.9. The number of halogens is 1. The number of aliphatic hydroxyl groups is 1. The molecule has 2 rings (SSSR count). The minimum atomic E-state index is -3.46. The number of aryl methyl sites for hydroxylation is 1. The van der Waals surface area contributed by atoms with E-state index < -0.39 is 10.0 Å². The molecule has 0 saturated carbocycles. The number of hydrogen-bond acceptors (Lipinski definition) is 5. The molecule has 114 valence electrons. The minimum absolute atomic E-state index is 0.0941. The van der Waals surface area contributed by atoms with Gasteiger partial charge in [-0.1, -0.05) is 11.6 Å². The van der Waals surface area contributed by atoms with Gasteiger partial charge in [0.1, 0.15) is 4.21 Å². The van der Waals surface area contributed by atoms with E-state index in [9.17, 15) is 8.42 Å². The SMILES string of the molecule is Cc1cc(S(=O)(=O)N2CCN(CCO)[C@@H](C)C2)sc1Cl. The molecule has 2 heterocycles. The van der Waals surface area contributed by atoms with Gasteiger partial charge >= 0.3 is 0 Å². The Kier molecular flexibility index (Phi) is 5.09. The van der Waals surface area contributed by atoms with Crippen molar-refractivity contribution < 1.29 is 13.5 Å². The van der Waals surface area contributed by atoms with Crippen LogP contribution in [0.25, 0.3) is 0 Å². The molecule has 1 aliphatic heterocycles. The van der Waals surface area contributed by atoms with Crippen molar-refractivity contribution in [2.75, 3.05) is 32.8 Å². The average Bonchev–Trinajstić information content (AvgIpc) is 2.73. The zero-order valence-corrected chi connectivity index (χ0v) is 13.9. The molecule has 1 aromatic rings. The molecule has 1 aromatic heterocycles. The van der Waals surface area contributed by atoms with E-state index in [1.54, 1.807) is 13.0 Å². The maximum Gasteiger partial charge on any atom is 0.252 e. The Morgan fingerprint density at radius 3 is 2.70 bits per heavy atom. The molecule has 0 spiro atoms. The predicted molar refractivity (Wildman–Crippen MR) is 80.9 cm³/mol. The van der Waals surface area contributed by atoms with Gasteiger partial charge in [0.25, 0.3) is 10.0 Å². The van der Waals surface area contributed by atoms with Crippen LogP contribution >= 0.6 is 22.9 Å². The highest BCUT2D eigenvalue weighted by Gasteiger charge is 2.33. The van der Waals surface area contributed by atoms with Gasteiger partial charge in [0.2, 0.25) is 0 Å². The van der Waals surface area contributed by atoms with Crippen LogP contribution in [0, 0.1) is 6.92 Å². The van der Waals surface area contributed by atoms with Crippen LogP contribution in [0.4, 0.5) is 0 Å². The van der Waals surface area contributed by atoms with Crippen LogP contribution in [0.2, 0.25) is 4.34 Å². The Morgan fingerprint density at radius 2 is 2.20 bits per heavy atom. The number of aliphatic hydroxyl groups excluding tert-OH is 1. The highest BCUT2D eigenvalue weighted by atomic mass is 35.5. The average molecular weight is 339 g/mol. The van der Waals surface area contributed by atoms with Gasteiger partial charge in [-0.2, -0.15) is 4.31 Å². The Labute approximate surface area is 128 Å². The van der Waals surface area contributed by atoms with Crippen LogP contribution in [-0.2, 0) is 10.0 Å². The van der Waals surface area contributed by atoms with Crippen LogP contribution in [-0.4, -0.2) is 61.6 Å². The second-order valence-electron chi connectivity index (χ2n) is 4.99. The van der Waals surface area contributed by atoms with E-state index in [4.69, 9.17) is 16.7 Å². The summed E-state index contributed by atoms with van der Waals surface area (Å²) in [5, 5.41) is 8.99. The molecule has 5 nitrogen and oxygen atoms in total. The van der Waals surface area contributed by atoms with Crippen molar-refractivity contribution in [2.45, 2.75) is 24.1 Å². The van der Waals surface area contributed by atoms with Gasteiger partial charge in [0.05, 0.1) is 10.9 Å². The summed E-state index contributed by atoms with van der Waals surface area (Å²) in [4.78, 5) is 2.10. The molecule has 0 bridgehead atoms. The molecular formula is C12H19ClN2O3S2. The van der Waals surface area contributed by atoms with E-state index in [0.717, 1.165) is 16.9 Å². The maximum atomic E-state index is 12.6. The van der Waals surface area contributed by atoms with Crippen LogP contribution < -0.4 is 0 Å². The highest BCUT2D eigenvalue weighted by Crippen LogP contribution is 2.32. The Balaban J connectivity index is 2.16. The number of thiophene rings is 1. The number of β-amino-alcohol motifs (C(OH)–C–C–N with tert-alkyl or cyclic N) is 1. The van der Waals surface area contributed by atoms with E-state index in [1.807, 2.05) is 6.92 Å². The summed E-state index contributed by atoms with van der Waals surface area (Å²) in [6, 6.07) is 1.73. The van der Waals surface area contributed by atoms with Gasteiger partial charge in [-0.05, 0) is 25.5 Å². The van der Waals surface area contributed by atoms with Crippen LogP contribution in [0.3, 0.4) is 0 Å². The molecule has 0 radical (unpaired) electrons. The molecule has 1 atom stereocenters. The molecule has 0 unspecified atom stereocenters. The normalized spacial score (nSPS) is 22.3. The number of hydrogen-bond donors (Lipinski definition) is 1. The van der Waals surface area contributed by atoms with E-state index >= 15 is 0 Å². The van der Waals surface area contributed by atoms with Gasteiger partial charge in [-0.15, -0.1) is 11.3 Å². The lowest BCUT2D eigenvalue weighted by Gasteiger charge is -2.38. The third-order valence-electron chi connectivity index (χ3n) is 3.54.